The van der Waals surface area contributed by atoms with Crippen LogP contribution < -0.4 is 10.2 Å². The Morgan fingerprint density at radius 2 is 1.86 bits per heavy atom. The molecule has 1 aliphatic heterocycles. The number of nitrogens with one attached hydrogen (secondary N) is 1. The van der Waals surface area contributed by atoms with Gasteiger partial charge in [-0.05, 0) is 0 Å². The lowest BCUT2D eigenvalue weighted by Gasteiger charge is -2.26. The summed E-state index contributed by atoms with van der Waals surface area (Å²) in [6, 6.07) is 0. The molecule has 2 heterocycles. The van der Waals surface area contributed by atoms with Gasteiger partial charge in [0.25, 0.3) is 0 Å². The fourth-order valence-electron chi connectivity index (χ4n) is 1.24. The zero-order valence-corrected chi connectivity index (χ0v) is 10.5. The lowest BCUT2D eigenvalue weighted by molar-refractivity contribution is 0.586. The minimum atomic E-state index is 0. The number of rotatable bonds is 1. The molecule has 0 atom stereocenters. The van der Waals surface area contributed by atoms with Gasteiger partial charge in [0.05, 0.1) is 11.7 Å². The summed E-state index contributed by atoms with van der Waals surface area (Å²) in [5, 5.41) is 3.80. The molecular weight excluding hydrogens is 267 g/mol. The van der Waals surface area contributed by atoms with Crippen LogP contribution in [0.5, 0.6) is 0 Å². The van der Waals surface area contributed by atoms with Crippen molar-refractivity contribution in [3.8, 4) is 0 Å². The van der Waals surface area contributed by atoms with Crippen LogP contribution in [-0.2, 0) is 0 Å². The number of piperazine rings is 1. The first-order chi connectivity index (χ1) is 5.88. The molecule has 0 aromatic carbocycles. The van der Waals surface area contributed by atoms with E-state index in [2.05, 4.69) is 19.0 Å². The number of hydrogen-bond acceptors (Lipinski definition) is 5. The van der Waals surface area contributed by atoms with Crippen molar-refractivity contribution in [2.24, 2.45) is 0 Å². The number of aromatic nitrogens is 2. The number of halogens is 3. The van der Waals surface area contributed by atoms with Gasteiger partial charge in [-0.1, -0.05) is 11.6 Å². The molecule has 1 aliphatic rings. The quantitative estimate of drug-likeness (QED) is 0.843. The summed E-state index contributed by atoms with van der Waals surface area (Å²) in [7, 11) is 0. The molecule has 1 aromatic heterocycles. The fourth-order valence-corrected chi connectivity index (χ4v) is 2.02. The maximum atomic E-state index is 5.85. The first-order valence-electron chi connectivity index (χ1n) is 3.81. The van der Waals surface area contributed by atoms with Gasteiger partial charge in [0.15, 0.2) is 11.0 Å². The Morgan fingerprint density at radius 1 is 1.21 bits per heavy atom. The van der Waals surface area contributed by atoms with Gasteiger partial charge in [0.2, 0.25) is 0 Å². The van der Waals surface area contributed by atoms with E-state index in [0.717, 1.165) is 32.0 Å². The zero-order valence-electron chi connectivity index (χ0n) is 7.27. The number of anilines is 1. The van der Waals surface area contributed by atoms with Crippen molar-refractivity contribution in [2.75, 3.05) is 31.1 Å². The summed E-state index contributed by atoms with van der Waals surface area (Å²) < 4.78 is 8.06. The Balaban J connectivity index is 0.000000845. The Morgan fingerprint density at radius 3 is 2.36 bits per heavy atom. The molecule has 1 saturated heterocycles. The van der Waals surface area contributed by atoms with Gasteiger partial charge in [0, 0.05) is 26.2 Å². The summed E-state index contributed by atoms with van der Waals surface area (Å²) >= 11 is 7.01. The van der Waals surface area contributed by atoms with E-state index in [0.29, 0.717) is 5.15 Å². The second kappa shape index (κ2) is 6.63. The van der Waals surface area contributed by atoms with Gasteiger partial charge in [-0.2, -0.15) is 8.75 Å². The average molecular weight is 278 g/mol. The zero-order chi connectivity index (χ0) is 8.39. The number of nitrogens with zero attached hydrogens (tertiary/aromatic N) is 3. The number of hydrogen-bond donors (Lipinski definition) is 1. The minimum Gasteiger partial charge on any atom is -0.351 e. The van der Waals surface area contributed by atoms with E-state index in [9.17, 15) is 0 Å². The molecule has 2 rings (SSSR count). The highest BCUT2D eigenvalue weighted by Gasteiger charge is 2.16. The van der Waals surface area contributed by atoms with Crippen LogP contribution >= 0.6 is 48.1 Å². The molecule has 8 heteroatoms. The second-order valence-electron chi connectivity index (χ2n) is 2.62. The van der Waals surface area contributed by atoms with Crippen LogP contribution in [0.25, 0.3) is 0 Å². The topological polar surface area (TPSA) is 41.1 Å². The standard InChI is InChI=1S/C6H9ClN4S.2ClH/c7-5-6(10-12-9-5)11-3-1-8-2-4-11;;/h8H,1-4H2;2*1H. The highest BCUT2D eigenvalue weighted by Crippen LogP contribution is 2.22. The SMILES string of the molecule is Cl.Cl.Clc1nsnc1N1CCNCC1. The Labute approximate surface area is 104 Å². The predicted octanol–water partition coefficient (Wildman–Crippen LogP) is 1.44. The molecule has 0 spiro atoms. The van der Waals surface area contributed by atoms with Gasteiger partial charge >= 0.3 is 0 Å². The Bertz CT molecular complexity index is 263. The third-order valence-electron chi connectivity index (χ3n) is 1.85. The Hall–Kier alpha value is 0.190. The summed E-state index contributed by atoms with van der Waals surface area (Å²) in [6.07, 6.45) is 0. The molecule has 0 bridgehead atoms. The van der Waals surface area contributed by atoms with Crippen LogP contribution in [0.1, 0.15) is 0 Å². The smallest absolute Gasteiger partial charge is 0.187 e. The highest BCUT2D eigenvalue weighted by molar-refractivity contribution is 6.99. The van der Waals surface area contributed by atoms with Crippen LogP contribution in [0.4, 0.5) is 5.82 Å². The van der Waals surface area contributed by atoms with Crippen molar-refractivity contribution in [2.45, 2.75) is 0 Å². The van der Waals surface area contributed by atoms with E-state index < -0.39 is 0 Å². The molecule has 1 N–H and O–H groups in total. The van der Waals surface area contributed by atoms with E-state index in [1.807, 2.05) is 0 Å². The largest absolute Gasteiger partial charge is 0.351 e. The maximum Gasteiger partial charge on any atom is 0.187 e. The first-order valence-corrected chi connectivity index (χ1v) is 4.92. The lowest BCUT2D eigenvalue weighted by atomic mass is 10.4. The van der Waals surface area contributed by atoms with Gasteiger partial charge in [0.1, 0.15) is 0 Å². The van der Waals surface area contributed by atoms with E-state index in [4.69, 9.17) is 11.6 Å². The normalized spacial score (nSPS) is 15.6. The lowest BCUT2D eigenvalue weighted by Crippen LogP contribution is -2.43. The van der Waals surface area contributed by atoms with Gasteiger partial charge in [-0.25, -0.2) is 0 Å². The highest BCUT2D eigenvalue weighted by atomic mass is 35.5. The monoisotopic (exact) mass is 276 g/mol. The predicted molar refractivity (Wildman–Crippen MR) is 64.5 cm³/mol. The summed E-state index contributed by atoms with van der Waals surface area (Å²) in [6.45, 7) is 3.91. The molecule has 0 aliphatic carbocycles. The van der Waals surface area contributed by atoms with Crippen LogP contribution in [0, 0.1) is 0 Å². The maximum absolute atomic E-state index is 5.85. The first kappa shape index (κ1) is 14.2. The molecule has 0 saturated carbocycles. The molecular formula is C6H11Cl3N4S. The summed E-state index contributed by atoms with van der Waals surface area (Å²) in [4.78, 5) is 2.16. The van der Waals surface area contributed by atoms with E-state index in [1.54, 1.807) is 0 Å². The molecule has 1 aromatic rings. The summed E-state index contributed by atoms with van der Waals surface area (Å²) in [5.74, 6) is 0.836. The van der Waals surface area contributed by atoms with Crippen molar-refractivity contribution in [1.29, 1.82) is 0 Å². The van der Waals surface area contributed by atoms with Gasteiger partial charge in [-0.15, -0.1) is 24.8 Å². The fraction of sp³-hybridized carbons (Fsp3) is 0.667. The van der Waals surface area contributed by atoms with Crippen molar-refractivity contribution in [3.05, 3.63) is 5.15 Å². The van der Waals surface area contributed by atoms with Crippen LogP contribution in [0.3, 0.4) is 0 Å². The van der Waals surface area contributed by atoms with E-state index in [1.165, 1.54) is 11.7 Å². The molecule has 0 unspecified atom stereocenters. The third-order valence-corrected chi connectivity index (χ3v) is 2.72. The molecule has 14 heavy (non-hydrogen) atoms. The van der Waals surface area contributed by atoms with Gasteiger partial charge < -0.3 is 10.2 Å². The van der Waals surface area contributed by atoms with Crippen molar-refractivity contribution < 1.29 is 0 Å². The van der Waals surface area contributed by atoms with E-state index >= 15 is 0 Å². The van der Waals surface area contributed by atoms with Crippen molar-refractivity contribution in [3.63, 3.8) is 0 Å². The molecule has 82 valence electrons. The second-order valence-corrected chi connectivity index (χ2v) is 3.50. The van der Waals surface area contributed by atoms with Gasteiger partial charge in [-0.3, -0.25) is 0 Å². The van der Waals surface area contributed by atoms with Crippen LogP contribution in [0.2, 0.25) is 5.15 Å². The minimum absolute atomic E-state index is 0. The van der Waals surface area contributed by atoms with Crippen molar-refractivity contribution in [1.82, 2.24) is 14.1 Å². The van der Waals surface area contributed by atoms with Crippen LogP contribution in [0.15, 0.2) is 0 Å². The molecule has 0 amide bonds. The third kappa shape index (κ3) is 3.10. The molecule has 0 radical (unpaired) electrons. The van der Waals surface area contributed by atoms with E-state index in [-0.39, 0.29) is 24.8 Å². The summed E-state index contributed by atoms with van der Waals surface area (Å²) in [5.41, 5.74) is 0. The molecule has 4 nitrogen and oxygen atoms in total. The molecule has 1 fully saturated rings. The van der Waals surface area contributed by atoms with Crippen LogP contribution in [-0.4, -0.2) is 34.9 Å². The average Bonchev–Trinajstić information content (AvgIpc) is 2.53. The van der Waals surface area contributed by atoms with Crippen molar-refractivity contribution >= 4 is 54.0 Å². The Kier molecular flexibility index (Phi) is 6.72.